The first-order chi connectivity index (χ1) is 12.6. The van der Waals surface area contributed by atoms with Crippen molar-refractivity contribution in [3.05, 3.63) is 35.9 Å². The molecule has 1 saturated heterocycles. The zero-order valence-corrected chi connectivity index (χ0v) is 15.0. The fourth-order valence-electron chi connectivity index (χ4n) is 3.06. The van der Waals surface area contributed by atoms with Gasteiger partial charge in [0.2, 0.25) is 5.91 Å². The lowest BCUT2D eigenvalue weighted by atomic mass is 10.1. The van der Waals surface area contributed by atoms with Crippen LogP contribution in [0.15, 0.2) is 30.3 Å². The third-order valence-corrected chi connectivity index (χ3v) is 4.47. The van der Waals surface area contributed by atoms with Crippen LogP contribution in [0.5, 0.6) is 0 Å². The number of ether oxygens (including phenoxy) is 1. The molecule has 1 aromatic rings. The molecule has 2 atom stereocenters. The van der Waals surface area contributed by atoms with Gasteiger partial charge >= 0.3 is 6.09 Å². The van der Waals surface area contributed by atoms with Crippen LogP contribution in [0.2, 0.25) is 0 Å². The zero-order valence-electron chi connectivity index (χ0n) is 15.0. The Hall–Kier alpha value is -2.12. The fraction of sp³-hybridized carbons (Fsp3) is 0.579. The van der Waals surface area contributed by atoms with Gasteiger partial charge in [-0.25, -0.2) is 4.79 Å². The molecule has 1 heterocycles. The Morgan fingerprint density at radius 2 is 1.96 bits per heavy atom. The molecule has 1 fully saturated rings. The molecule has 2 amide bonds. The van der Waals surface area contributed by atoms with Gasteiger partial charge in [-0.05, 0) is 24.8 Å². The molecule has 26 heavy (non-hydrogen) atoms. The SMILES string of the molecule is O=C(NCCCCCC(=O)N1C[C@H](O)CC1CO)OCc1ccccc1. The van der Waals surface area contributed by atoms with E-state index in [2.05, 4.69) is 5.32 Å². The molecule has 0 radical (unpaired) electrons. The van der Waals surface area contributed by atoms with Gasteiger partial charge < -0.3 is 25.2 Å². The van der Waals surface area contributed by atoms with Crippen LogP contribution in [-0.2, 0) is 16.1 Å². The first-order valence-corrected chi connectivity index (χ1v) is 9.13. The topological polar surface area (TPSA) is 99.1 Å². The van der Waals surface area contributed by atoms with Gasteiger partial charge in [0.1, 0.15) is 6.61 Å². The lowest BCUT2D eigenvalue weighted by molar-refractivity contribution is -0.133. The summed E-state index contributed by atoms with van der Waals surface area (Å²) in [4.78, 5) is 25.3. The largest absolute Gasteiger partial charge is 0.445 e. The summed E-state index contributed by atoms with van der Waals surface area (Å²) in [6.07, 6.45) is 2.14. The van der Waals surface area contributed by atoms with Gasteiger partial charge in [-0.1, -0.05) is 36.8 Å². The standard InChI is InChI=1S/C19H28N2O5/c22-13-16-11-17(23)12-21(16)18(24)9-5-2-6-10-20-19(25)26-14-15-7-3-1-4-8-15/h1,3-4,7-8,16-17,22-23H,2,5-6,9-14H2,(H,20,25)/t16?,17-/m1/s1. The predicted octanol–water partition coefficient (Wildman–Crippen LogP) is 1.43. The van der Waals surface area contributed by atoms with Crippen LogP contribution < -0.4 is 5.32 Å². The van der Waals surface area contributed by atoms with E-state index in [1.54, 1.807) is 4.90 Å². The number of alkyl carbamates (subject to hydrolysis) is 1. The Balaban J connectivity index is 1.51. The second-order valence-corrected chi connectivity index (χ2v) is 6.57. The molecule has 0 aromatic heterocycles. The smallest absolute Gasteiger partial charge is 0.407 e. The number of hydrogen-bond donors (Lipinski definition) is 3. The Labute approximate surface area is 154 Å². The molecule has 1 aromatic carbocycles. The Bertz CT molecular complexity index is 566. The number of carbonyl (C=O) groups is 2. The average Bonchev–Trinajstić information content (AvgIpc) is 3.04. The van der Waals surface area contributed by atoms with E-state index in [0.29, 0.717) is 32.4 Å². The number of aliphatic hydroxyl groups excluding tert-OH is 2. The van der Waals surface area contributed by atoms with Crippen molar-refractivity contribution in [1.29, 1.82) is 0 Å². The summed E-state index contributed by atoms with van der Waals surface area (Å²) in [5.41, 5.74) is 0.939. The summed E-state index contributed by atoms with van der Waals surface area (Å²) in [6.45, 7) is 0.940. The van der Waals surface area contributed by atoms with Crippen molar-refractivity contribution in [3.63, 3.8) is 0 Å². The average molecular weight is 364 g/mol. The highest BCUT2D eigenvalue weighted by atomic mass is 16.5. The van der Waals surface area contributed by atoms with E-state index in [4.69, 9.17) is 4.74 Å². The van der Waals surface area contributed by atoms with Crippen LogP contribution in [0, 0.1) is 0 Å². The summed E-state index contributed by atoms with van der Waals surface area (Å²) in [5.74, 6) is -0.0316. The number of benzene rings is 1. The minimum atomic E-state index is -0.540. The van der Waals surface area contributed by atoms with Gasteiger partial charge in [0.25, 0.3) is 0 Å². The first-order valence-electron chi connectivity index (χ1n) is 9.13. The molecule has 2 rings (SSSR count). The highest BCUT2D eigenvalue weighted by Gasteiger charge is 2.33. The number of unbranched alkanes of at least 4 members (excludes halogenated alkanes) is 2. The summed E-state index contributed by atoms with van der Waals surface area (Å²) in [5, 5.41) is 21.6. The number of carbonyl (C=O) groups excluding carboxylic acids is 2. The number of nitrogens with one attached hydrogen (secondary N) is 1. The number of aliphatic hydroxyl groups is 2. The van der Waals surface area contributed by atoms with Crippen molar-refractivity contribution >= 4 is 12.0 Å². The first kappa shape index (κ1) is 20.2. The Kier molecular flexibility index (Phi) is 8.37. The molecule has 7 nitrogen and oxygen atoms in total. The van der Waals surface area contributed by atoms with Crippen molar-refractivity contribution in [3.8, 4) is 0 Å². The molecule has 1 unspecified atom stereocenters. The van der Waals surface area contributed by atoms with Gasteiger partial charge in [0.15, 0.2) is 0 Å². The predicted molar refractivity (Wildman–Crippen MR) is 96.3 cm³/mol. The molecular formula is C19H28N2O5. The van der Waals surface area contributed by atoms with Crippen LogP contribution in [-0.4, -0.2) is 59.0 Å². The van der Waals surface area contributed by atoms with Gasteiger partial charge in [-0.3, -0.25) is 4.79 Å². The molecule has 1 aliphatic rings. The van der Waals surface area contributed by atoms with E-state index in [9.17, 15) is 19.8 Å². The maximum absolute atomic E-state index is 12.1. The molecule has 3 N–H and O–H groups in total. The van der Waals surface area contributed by atoms with Crippen molar-refractivity contribution in [2.75, 3.05) is 19.7 Å². The second-order valence-electron chi connectivity index (χ2n) is 6.57. The van der Waals surface area contributed by atoms with Crippen molar-refractivity contribution in [2.24, 2.45) is 0 Å². The lowest BCUT2D eigenvalue weighted by Gasteiger charge is -2.22. The molecular weight excluding hydrogens is 336 g/mol. The molecule has 1 aliphatic heterocycles. The second kappa shape index (κ2) is 10.8. The molecule has 0 saturated carbocycles. The van der Waals surface area contributed by atoms with Gasteiger partial charge in [-0.2, -0.15) is 0 Å². The Morgan fingerprint density at radius 1 is 1.19 bits per heavy atom. The molecule has 7 heteroatoms. The third-order valence-electron chi connectivity index (χ3n) is 4.47. The third kappa shape index (κ3) is 6.65. The van der Waals surface area contributed by atoms with Gasteiger partial charge in [0, 0.05) is 19.5 Å². The zero-order chi connectivity index (χ0) is 18.8. The van der Waals surface area contributed by atoms with Crippen LogP contribution in [0.3, 0.4) is 0 Å². The number of hydrogen-bond acceptors (Lipinski definition) is 5. The molecule has 0 bridgehead atoms. The molecule has 0 spiro atoms. The number of likely N-dealkylation sites (tertiary alicyclic amines) is 1. The van der Waals surface area contributed by atoms with Gasteiger partial charge in [0.05, 0.1) is 18.8 Å². The van der Waals surface area contributed by atoms with Gasteiger partial charge in [-0.15, -0.1) is 0 Å². The summed E-state index contributed by atoms with van der Waals surface area (Å²) in [7, 11) is 0. The minimum Gasteiger partial charge on any atom is -0.445 e. The molecule has 144 valence electrons. The van der Waals surface area contributed by atoms with Crippen LogP contribution in [0.4, 0.5) is 4.79 Å². The highest BCUT2D eigenvalue weighted by Crippen LogP contribution is 2.19. The number of rotatable bonds is 9. The lowest BCUT2D eigenvalue weighted by Crippen LogP contribution is -2.37. The number of amides is 2. The van der Waals surface area contributed by atoms with Crippen LogP contribution >= 0.6 is 0 Å². The van der Waals surface area contributed by atoms with Crippen LogP contribution in [0.1, 0.15) is 37.7 Å². The van der Waals surface area contributed by atoms with E-state index < -0.39 is 12.2 Å². The monoisotopic (exact) mass is 364 g/mol. The Morgan fingerprint density at radius 3 is 2.69 bits per heavy atom. The van der Waals surface area contributed by atoms with Crippen molar-refractivity contribution in [1.82, 2.24) is 10.2 Å². The minimum absolute atomic E-state index is 0.0316. The summed E-state index contributed by atoms with van der Waals surface area (Å²) >= 11 is 0. The van der Waals surface area contributed by atoms with E-state index in [0.717, 1.165) is 18.4 Å². The fourth-order valence-corrected chi connectivity index (χ4v) is 3.06. The van der Waals surface area contributed by atoms with Crippen molar-refractivity contribution in [2.45, 2.75) is 50.9 Å². The number of β-amino-alcohol motifs (C(OH)–C–C–N with tert-alkyl or cyclic N) is 1. The van der Waals surface area contributed by atoms with E-state index >= 15 is 0 Å². The van der Waals surface area contributed by atoms with Crippen molar-refractivity contribution < 1.29 is 24.5 Å². The van der Waals surface area contributed by atoms with E-state index in [-0.39, 0.29) is 25.2 Å². The normalized spacial score (nSPS) is 19.4. The summed E-state index contributed by atoms with van der Waals surface area (Å²) < 4.78 is 5.12. The van der Waals surface area contributed by atoms with E-state index in [1.165, 1.54) is 0 Å². The van der Waals surface area contributed by atoms with E-state index in [1.807, 2.05) is 30.3 Å². The summed E-state index contributed by atoms with van der Waals surface area (Å²) in [6, 6.07) is 9.21. The maximum Gasteiger partial charge on any atom is 0.407 e. The number of nitrogens with zero attached hydrogens (tertiary/aromatic N) is 1. The highest BCUT2D eigenvalue weighted by molar-refractivity contribution is 5.76. The van der Waals surface area contributed by atoms with Crippen LogP contribution in [0.25, 0.3) is 0 Å². The quantitative estimate of drug-likeness (QED) is 0.576. The maximum atomic E-state index is 12.1. The molecule has 0 aliphatic carbocycles.